The highest BCUT2D eigenvalue weighted by atomic mass is 35.5. The van der Waals surface area contributed by atoms with Gasteiger partial charge in [-0.2, -0.15) is 0 Å². The molecule has 2 N–H and O–H groups in total. The third-order valence-electron chi connectivity index (χ3n) is 8.71. The number of hydrogen-bond acceptors (Lipinski definition) is 8. The third kappa shape index (κ3) is 4.30. The number of fused-ring (bicyclic) bond motifs is 4. The molecule has 2 aromatic rings. The number of alkyl halides is 4. The Bertz CT molecular complexity index is 1210. The fourth-order valence-electron chi connectivity index (χ4n) is 6.33. The number of amides is 1. The fourth-order valence-corrected chi connectivity index (χ4v) is 6.60. The fraction of sp³-hybridized carbons (Fsp3) is 0.640. The van der Waals surface area contributed by atoms with E-state index in [1.807, 2.05) is 18.2 Å². The first-order chi connectivity index (χ1) is 18.0. The van der Waals surface area contributed by atoms with Crippen LogP contribution in [0.3, 0.4) is 0 Å². The summed E-state index contributed by atoms with van der Waals surface area (Å²) in [4.78, 5) is 15.2. The van der Waals surface area contributed by atoms with E-state index in [0.717, 1.165) is 5.69 Å². The zero-order chi connectivity index (χ0) is 26.9. The van der Waals surface area contributed by atoms with Gasteiger partial charge in [-0.15, -0.1) is 23.4 Å². The first-order valence-electron chi connectivity index (χ1n) is 12.7. The Morgan fingerprint density at radius 1 is 1.21 bits per heavy atom. The summed E-state index contributed by atoms with van der Waals surface area (Å²) < 4.78 is 53.2. The first-order valence-corrected chi connectivity index (χ1v) is 13.1. The van der Waals surface area contributed by atoms with Gasteiger partial charge >= 0.3 is 6.36 Å². The molecule has 4 fully saturated rings. The Hall–Kier alpha value is -2.57. The van der Waals surface area contributed by atoms with E-state index in [1.165, 1.54) is 0 Å². The van der Waals surface area contributed by atoms with E-state index in [9.17, 15) is 23.1 Å². The van der Waals surface area contributed by atoms with Crippen molar-refractivity contribution in [1.29, 1.82) is 0 Å². The van der Waals surface area contributed by atoms with E-state index in [-0.39, 0.29) is 24.7 Å². The minimum Gasteiger partial charge on any atom is -0.475 e. The van der Waals surface area contributed by atoms with Crippen LogP contribution in [0.4, 0.5) is 18.9 Å². The number of anilines is 1. The lowest BCUT2D eigenvalue weighted by Gasteiger charge is -2.55. The largest absolute Gasteiger partial charge is 0.522 e. The maximum Gasteiger partial charge on any atom is 0.522 e. The van der Waals surface area contributed by atoms with Crippen LogP contribution in [0.1, 0.15) is 62.6 Å². The number of nitrogens with one attached hydrogen (secondary N) is 1. The van der Waals surface area contributed by atoms with Gasteiger partial charge in [0.25, 0.3) is 5.91 Å². The number of aliphatic hydroxyl groups is 1. The van der Waals surface area contributed by atoms with E-state index in [2.05, 4.69) is 20.3 Å². The third-order valence-corrected chi connectivity index (χ3v) is 9.23. The van der Waals surface area contributed by atoms with Crippen molar-refractivity contribution in [3.05, 3.63) is 36.0 Å². The SMILES string of the molecule is CN1c2ccccc2OC(C(=O)NC23CCC(c4nnc(C5CC(OC(F)(F)F)C5)o4)(CC2)CC3O)C1Cl. The minimum absolute atomic E-state index is 0.163. The van der Waals surface area contributed by atoms with Gasteiger partial charge in [0.15, 0.2) is 5.50 Å². The Morgan fingerprint density at radius 3 is 2.61 bits per heavy atom. The van der Waals surface area contributed by atoms with Crippen molar-refractivity contribution < 1.29 is 37.0 Å². The number of carbonyl (C=O) groups is 1. The van der Waals surface area contributed by atoms with Crippen molar-refractivity contribution in [2.75, 3.05) is 11.9 Å². The predicted molar refractivity (Wildman–Crippen MR) is 128 cm³/mol. The summed E-state index contributed by atoms with van der Waals surface area (Å²) in [7, 11) is 1.80. The molecule has 13 heteroatoms. The van der Waals surface area contributed by atoms with Gasteiger partial charge in [-0.1, -0.05) is 23.7 Å². The molecule has 38 heavy (non-hydrogen) atoms. The maximum atomic E-state index is 13.4. The van der Waals surface area contributed by atoms with Crippen LogP contribution < -0.4 is 15.0 Å². The number of carbonyl (C=O) groups excluding carboxylic acids is 1. The van der Waals surface area contributed by atoms with Gasteiger partial charge in [0.1, 0.15) is 5.75 Å². The summed E-state index contributed by atoms with van der Waals surface area (Å²) in [6.45, 7) is 0. The lowest BCUT2D eigenvalue weighted by Crippen LogP contribution is -2.68. The number of aromatic nitrogens is 2. The minimum atomic E-state index is -4.66. The molecular weight excluding hydrogens is 529 g/mol. The van der Waals surface area contributed by atoms with Crippen LogP contribution in [-0.2, 0) is 14.9 Å². The smallest absolute Gasteiger partial charge is 0.475 e. The molecule has 9 nitrogen and oxygen atoms in total. The molecule has 1 amide bonds. The number of likely N-dealkylation sites (N-methyl/N-ethyl adjacent to an activating group) is 1. The van der Waals surface area contributed by atoms with E-state index < -0.39 is 41.1 Å². The summed E-state index contributed by atoms with van der Waals surface area (Å²) in [6, 6.07) is 7.34. The van der Waals surface area contributed by atoms with Crippen molar-refractivity contribution in [1.82, 2.24) is 15.5 Å². The lowest BCUT2D eigenvalue weighted by molar-refractivity contribution is -0.352. The van der Waals surface area contributed by atoms with Crippen LogP contribution in [0, 0.1) is 0 Å². The van der Waals surface area contributed by atoms with Gasteiger partial charge in [0.2, 0.25) is 17.9 Å². The van der Waals surface area contributed by atoms with Crippen molar-refractivity contribution in [3.63, 3.8) is 0 Å². The molecule has 1 aromatic heterocycles. The van der Waals surface area contributed by atoms with Gasteiger partial charge < -0.3 is 24.5 Å². The molecule has 0 spiro atoms. The molecule has 1 aromatic carbocycles. The zero-order valence-electron chi connectivity index (χ0n) is 20.6. The van der Waals surface area contributed by atoms with E-state index in [4.69, 9.17) is 20.8 Å². The normalized spacial score (nSPS) is 36.3. The van der Waals surface area contributed by atoms with Crippen LogP contribution in [0.15, 0.2) is 28.7 Å². The second kappa shape index (κ2) is 8.99. The van der Waals surface area contributed by atoms with Crippen LogP contribution >= 0.6 is 11.6 Å². The van der Waals surface area contributed by atoms with Crippen molar-refractivity contribution in [3.8, 4) is 5.75 Å². The van der Waals surface area contributed by atoms with Crippen molar-refractivity contribution in [2.45, 2.75) is 92.0 Å². The maximum absolute atomic E-state index is 13.4. The topological polar surface area (TPSA) is 110 Å². The van der Waals surface area contributed by atoms with Crippen LogP contribution in [-0.4, -0.2) is 64.0 Å². The Labute approximate surface area is 221 Å². The van der Waals surface area contributed by atoms with Gasteiger partial charge in [-0.25, -0.2) is 0 Å². The highest BCUT2D eigenvalue weighted by Gasteiger charge is 2.58. The van der Waals surface area contributed by atoms with E-state index >= 15 is 0 Å². The number of benzene rings is 1. The van der Waals surface area contributed by atoms with Crippen molar-refractivity contribution in [2.24, 2.45) is 0 Å². The van der Waals surface area contributed by atoms with E-state index in [0.29, 0.717) is 49.6 Å². The van der Waals surface area contributed by atoms with Crippen LogP contribution in [0.25, 0.3) is 0 Å². The van der Waals surface area contributed by atoms with Gasteiger partial charge in [0.05, 0.1) is 28.8 Å². The molecule has 4 saturated carbocycles. The highest BCUT2D eigenvalue weighted by molar-refractivity contribution is 6.24. The van der Waals surface area contributed by atoms with Gasteiger partial charge in [-0.05, 0) is 57.1 Å². The van der Waals surface area contributed by atoms with Crippen LogP contribution in [0.2, 0.25) is 0 Å². The average molecular weight is 557 g/mol. The quantitative estimate of drug-likeness (QED) is 0.423. The number of halogens is 4. The predicted octanol–water partition coefficient (Wildman–Crippen LogP) is 3.75. The molecule has 0 radical (unpaired) electrons. The number of para-hydroxylation sites is 2. The monoisotopic (exact) mass is 556 g/mol. The molecule has 7 rings (SSSR count). The summed E-state index contributed by atoms with van der Waals surface area (Å²) in [5.41, 5.74) is -1.31. The Morgan fingerprint density at radius 2 is 1.92 bits per heavy atom. The van der Waals surface area contributed by atoms with Crippen molar-refractivity contribution >= 4 is 23.2 Å². The number of hydrogen-bond donors (Lipinski definition) is 2. The number of ether oxygens (including phenoxy) is 2. The summed E-state index contributed by atoms with van der Waals surface area (Å²) in [6.07, 6.45) is -4.54. The number of aliphatic hydroxyl groups excluding tert-OH is 1. The molecule has 0 saturated heterocycles. The molecule has 4 aliphatic carbocycles. The molecule has 3 unspecified atom stereocenters. The lowest BCUT2D eigenvalue weighted by atomic mass is 9.55. The highest BCUT2D eigenvalue weighted by Crippen LogP contribution is 2.54. The molecule has 2 bridgehead atoms. The number of nitrogens with zero attached hydrogens (tertiary/aromatic N) is 3. The second-order valence-electron chi connectivity index (χ2n) is 10.9. The number of rotatable bonds is 5. The van der Waals surface area contributed by atoms with Gasteiger partial charge in [0, 0.05) is 13.0 Å². The Kier molecular flexibility index (Phi) is 6.08. The Balaban J connectivity index is 1.11. The molecular formula is C25H28ClF3N4O5. The molecule has 3 atom stereocenters. The standard InChI is InChI=1S/C25H28ClF3N4O5/c1-33-15-4-2-3-5-16(15)36-18(19(33)26)20(35)30-24-8-6-23(7-9-24,12-17(24)34)22-32-31-21(37-22)13-10-14(11-13)38-25(27,28)29/h2-5,13-14,17-19,34H,6-12H2,1H3,(H,30,35). The zero-order valence-corrected chi connectivity index (χ0v) is 21.3. The molecule has 2 heterocycles. The van der Waals surface area contributed by atoms with Crippen LogP contribution in [0.5, 0.6) is 5.75 Å². The molecule has 1 aliphatic heterocycles. The molecule has 206 valence electrons. The summed E-state index contributed by atoms with van der Waals surface area (Å²) in [5, 5.41) is 22.6. The average Bonchev–Trinajstić information content (AvgIpc) is 3.34. The summed E-state index contributed by atoms with van der Waals surface area (Å²) in [5.74, 6) is 0.583. The first kappa shape index (κ1) is 25.7. The second-order valence-corrected chi connectivity index (χ2v) is 11.4. The van der Waals surface area contributed by atoms with Gasteiger partial charge in [-0.3, -0.25) is 9.53 Å². The summed E-state index contributed by atoms with van der Waals surface area (Å²) >= 11 is 6.58. The molecule has 5 aliphatic rings. The van der Waals surface area contributed by atoms with E-state index in [1.54, 1.807) is 18.0 Å².